The summed E-state index contributed by atoms with van der Waals surface area (Å²) in [6.45, 7) is 3.67. The van der Waals surface area contributed by atoms with Gasteiger partial charge in [0.15, 0.2) is 0 Å². The molecule has 0 unspecified atom stereocenters. The van der Waals surface area contributed by atoms with Gasteiger partial charge in [-0.1, -0.05) is 23.4 Å². The highest BCUT2D eigenvalue weighted by atomic mass is 79.9. The number of hydrogen-bond acceptors (Lipinski definition) is 6. The van der Waals surface area contributed by atoms with Crippen LogP contribution < -0.4 is 10.1 Å². The van der Waals surface area contributed by atoms with Gasteiger partial charge in [-0.2, -0.15) is 0 Å². The number of hydrogen-bond donors (Lipinski definition) is 1. The van der Waals surface area contributed by atoms with Crippen molar-refractivity contribution >= 4 is 27.3 Å². The van der Waals surface area contributed by atoms with E-state index < -0.39 is 0 Å². The summed E-state index contributed by atoms with van der Waals surface area (Å²) in [5, 5.41) is 12.6. The fourth-order valence-corrected chi connectivity index (χ4v) is 2.15. The van der Waals surface area contributed by atoms with Crippen molar-refractivity contribution in [2.24, 2.45) is 0 Å². The Morgan fingerprint density at radius 2 is 2.29 bits per heavy atom. The first kappa shape index (κ1) is 12.4. The van der Waals surface area contributed by atoms with E-state index in [2.05, 4.69) is 36.4 Å². The first-order chi connectivity index (χ1) is 8.28. The average molecular weight is 315 g/mol. The lowest BCUT2D eigenvalue weighted by atomic mass is 10.5. The second-order valence-electron chi connectivity index (χ2n) is 3.18. The molecule has 0 radical (unpaired) electrons. The fourth-order valence-electron chi connectivity index (χ4n) is 1.13. The zero-order chi connectivity index (χ0) is 12.1. The predicted molar refractivity (Wildman–Crippen MR) is 69.3 cm³/mol. The Labute approximate surface area is 111 Å². The molecule has 2 heterocycles. The SMILES string of the molecule is CCNCc1nnc(Oc2cncc(Br)c2)s1. The maximum absolute atomic E-state index is 5.54. The predicted octanol–water partition coefficient (Wildman–Crippen LogP) is 2.60. The smallest absolute Gasteiger partial charge is 0.299 e. The van der Waals surface area contributed by atoms with Crippen LogP contribution in [0.5, 0.6) is 10.9 Å². The summed E-state index contributed by atoms with van der Waals surface area (Å²) in [5.41, 5.74) is 0. The van der Waals surface area contributed by atoms with Crippen molar-refractivity contribution < 1.29 is 4.74 Å². The molecule has 2 aromatic rings. The molecule has 90 valence electrons. The molecule has 0 aromatic carbocycles. The zero-order valence-electron chi connectivity index (χ0n) is 9.18. The Kier molecular flexibility index (Phi) is 4.41. The van der Waals surface area contributed by atoms with Crippen molar-refractivity contribution in [2.75, 3.05) is 6.54 Å². The van der Waals surface area contributed by atoms with Crippen LogP contribution in [0.3, 0.4) is 0 Å². The van der Waals surface area contributed by atoms with E-state index in [1.165, 1.54) is 11.3 Å². The van der Waals surface area contributed by atoms with E-state index in [1.54, 1.807) is 12.4 Å². The summed E-state index contributed by atoms with van der Waals surface area (Å²) in [4.78, 5) is 4.01. The van der Waals surface area contributed by atoms with Gasteiger partial charge in [0, 0.05) is 17.2 Å². The second kappa shape index (κ2) is 6.04. The topological polar surface area (TPSA) is 59.9 Å². The Morgan fingerprint density at radius 3 is 3.06 bits per heavy atom. The molecule has 2 rings (SSSR count). The third-order valence-corrected chi connectivity index (χ3v) is 3.09. The van der Waals surface area contributed by atoms with Crippen molar-refractivity contribution in [3.8, 4) is 10.9 Å². The summed E-state index contributed by atoms with van der Waals surface area (Å²) in [5.74, 6) is 0.644. The van der Waals surface area contributed by atoms with Gasteiger partial charge in [-0.3, -0.25) is 4.98 Å². The van der Waals surface area contributed by atoms with Crippen LogP contribution in [0.4, 0.5) is 0 Å². The molecule has 0 saturated carbocycles. The van der Waals surface area contributed by atoms with Crippen molar-refractivity contribution in [3.63, 3.8) is 0 Å². The standard InChI is InChI=1S/C10H11BrN4OS/c1-2-12-6-9-14-15-10(17-9)16-8-3-7(11)4-13-5-8/h3-5,12H,2,6H2,1H3. The fraction of sp³-hybridized carbons (Fsp3) is 0.300. The van der Waals surface area contributed by atoms with E-state index >= 15 is 0 Å². The quantitative estimate of drug-likeness (QED) is 0.919. The van der Waals surface area contributed by atoms with Crippen LogP contribution in [-0.4, -0.2) is 21.7 Å². The highest BCUT2D eigenvalue weighted by Crippen LogP contribution is 2.25. The molecule has 0 aliphatic rings. The molecule has 0 saturated heterocycles. The molecule has 0 fully saturated rings. The minimum absolute atomic E-state index is 0.526. The van der Waals surface area contributed by atoms with Gasteiger partial charge in [0.25, 0.3) is 5.19 Å². The van der Waals surface area contributed by atoms with Crippen molar-refractivity contribution in [1.82, 2.24) is 20.5 Å². The van der Waals surface area contributed by atoms with Gasteiger partial charge < -0.3 is 10.1 Å². The molecule has 0 amide bonds. The number of rotatable bonds is 5. The lowest BCUT2D eigenvalue weighted by Crippen LogP contribution is -2.11. The molecule has 7 heteroatoms. The highest BCUT2D eigenvalue weighted by molar-refractivity contribution is 9.10. The van der Waals surface area contributed by atoms with E-state index in [-0.39, 0.29) is 0 Å². The van der Waals surface area contributed by atoms with Gasteiger partial charge in [0.05, 0.1) is 6.20 Å². The normalized spacial score (nSPS) is 10.5. The third-order valence-electron chi connectivity index (χ3n) is 1.86. The van der Waals surface area contributed by atoms with Crippen LogP contribution in [0.1, 0.15) is 11.9 Å². The van der Waals surface area contributed by atoms with E-state index in [1.807, 2.05) is 13.0 Å². The van der Waals surface area contributed by atoms with Crippen LogP contribution in [0, 0.1) is 0 Å². The molecule has 0 bridgehead atoms. The second-order valence-corrected chi connectivity index (χ2v) is 5.12. The number of ether oxygens (including phenoxy) is 1. The van der Waals surface area contributed by atoms with E-state index in [9.17, 15) is 0 Å². The number of pyridine rings is 1. The van der Waals surface area contributed by atoms with Gasteiger partial charge in [0.1, 0.15) is 10.8 Å². The number of nitrogens with zero attached hydrogens (tertiary/aromatic N) is 3. The Hall–Kier alpha value is -1.05. The lowest BCUT2D eigenvalue weighted by Gasteiger charge is -1.99. The van der Waals surface area contributed by atoms with E-state index in [4.69, 9.17) is 4.74 Å². The Balaban J connectivity index is 2.01. The van der Waals surface area contributed by atoms with Gasteiger partial charge in [-0.05, 0) is 28.5 Å². The third kappa shape index (κ3) is 3.72. The van der Waals surface area contributed by atoms with Crippen molar-refractivity contribution in [1.29, 1.82) is 0 Å². The number of halogens is 1. The van der Waals surface area contributed by atoms with Gasteiger partial charge in [-0.25, -0.2) is 0 Å². The Bertz CT molecular complexity index is 491. The van der Waals surface area contributed by atoms with Gasteiger partial charge >= 0.3 is 0 Å². The molecule has 1 N–H and O–H groups in total. The molecule has 0 aliphatic carbocycles. The van der Waals surface area contributed by atoms with Crippen molar-refractivity contribution in [2.45, 2.75) is 13.5 Å². The molecular weight excluding hydrogens is 304 g/mol. The first-order valence-electron chi connectivity index (χ1n) is 5.09. The number of aromatic nitrogens is 3. The maximum atomic E-state index is 5.54. The summed E-state index contributed by atoms with van der Waals surface area (Å²) in [6.07, 6.45) is 3.33. The largest absolute Gasteiger partial charge is 0.428 e. The van der Waals surface area contributed by atoms with Crippen LogP contribution in [0.2, 0.25) is 0 Å². The van der Waals surface area contributed by atoms with E-state index in [0.717, 1.165) is 16.0 Å². The van der Waals surface area contributed by atoms with Crippen LogP contribution in [0.15, 0.2) is 22.9 Å². The molecule has 0 atom stereocenters. The summed E-state index contributed by atoms with van der Waals surface area (Å²) >= 11 is 4.75. The molecule has 17 heavy (non-hydrogen) atoms. The average Bonchev–Trinajstić information content (AvgIpc) is 2.74. The minimum atomic E-state index is 0.526. The highest BCUT2D eigenvalue weighted by Gasteiger charge is 2.06. The molecule has 2 aromatic heterocycles. The minimum Gasteiger partial charge on any atom is -0.428 e. The summed E-state index contributed by atoms with van der Waals surface area (Å²) < 4.78 is 6.41. The molecule has 0 spiro atoms. The summed E-state index contributed by atoms with van der Waals surface area (Å²) in [7, 11) is 0. The van der Waals surface area contributed by atoms with Crippen LogP contribution >= 0.6 is 27.3 Å². The molecule has 5 nitrogen and oxygen atoms in total. The molecule has 0 aliphatic heterocycles. The first-order valence-corrected chi connectivity index (χ1v) is 6.70. The van der Waals surface area contributed by atoms with Gasteiger partial charge in [0.2, 0.25) is 0 Å². The molecular formula is C10H11BrN4OS. The van der Waals surface area contributed by atoms with Crippen molar-refractivity contribution in [3.05, 3.63) is 27.9 Å². The van der Waals surface area contributed by atoms with E-state index in [0.29, 0.717) is 17.5 Å². The Morgan fingerprint density at radius 1 is 1.41 bits per heavy atom. The summed E-state index contributed by atoms with van der Waals surface area (Å²) in [6, 6.07) is 1.83. The lowest BCUT2D eigenvalue weighted by molar-refractivity contribution is 0.470. The van der Waals surface area contributed by atoms with Crippen LogP contribution in [-0.2, 0) is 6.54 Å². The van der Waals surface area contributed by atoms with Crippen LogP contribution in [0.25, 0.3) is 0 Å². The maximum Gasteiger partial charge on any atom is 0.299 e. The number of nitrogens with one attached hydrogen (secondary N) is 1. The zero-order valence-corrected chi connectivity index (χ0v) is 11.6. The van der Waals surface area contributed by atoms with Gasteiger partial charge in [-0.15, -0.1) is 5.10 Å². The monoisotopic (exact) mass is 314 g/mol.